The zero-order chi connectivity index (χ0) is 17.5. The van der Waals surface area contributed by atoms with E-state index >= 15 is 0 Å². The Labute approximate surface area is 141 Å². The molecule has 24 heavy (non-hydrogen) atoms. The van der Waals surface area contributed by atoms with Gasteiger partial charge in [-0.3, -0.25) is 4.79 Å². The molecule has 0 saturated carbocycles. The van der Waals surface area contributed by atoms with Gasteiger partial charge in [0.15, 0.2) is 0 Å². The molecule has 1 aromatic carbocycles. The number of likely N-dealkylation sites (tertiary alicyclic amines) is 1. The Hall–Kier alpha value is -2.32. The van der Waals surface area contributed by atoms with Gasteiger partial charge in [-0.05, 0) is 18.1 Å². The lowest BCUT2D eigenvalue weighted by atomic mass is 9.76. The molecule has 0 spiro atoms. The van der Waals surface area contributed by atoms with E-state index in [1.165, 1.54) is 6.08 Å². The SMILES string of the molecule is C=CC(=O)N1CC(COC(=O)N[C@@H](Cc2ccccc2)B(O)O)C1. The topological polar surface area (TPSA) is 99.1 Å². The molecule has 1 aliphatic rings. The van der Waals surface area contributed by atoms with Crippen molar-refractivity contribution in [2.75, 3.05) is 19.7 Å². The molecule has 1 aliphatic heterocycles. The summed E-state index contributed by atoms with van der Waals surface area (Å²) in [5.74, 6) is -0.909. The van der Waals surface area contributed by atoms with Crippen LogP contribution in [0.5, 0.6) is 0 Å². The van der Waals surface area contributed by atoms with Crippen molar-refractivity contribution in [3.05, 3.63) is 48.6 Å². The highest BCUT2D eigenvalue weighted by Gasteiger charge is 2.31. The highest BCUT2D eigenvalue weighted by molar-refractivity contribution is 6.43. The van der Waals surface area contributed by atoms with Gasteiger partial charge in [0.1, 0.15) is 0 Å². The van der Waals surface area contributed by atoms with E-state index in [1.807, 2.05) is 30.3 Å². The minimum absolute atomic E-state index is 0.0891. The molecular weight excluding hydrogens is 311 g/mol. The molecule has 0 bridgehead atoms. The smallest absolute Gasteiger partial charge is 0.449 e. The Morgan fingerprint density at radius 1 is 1.38 bits per heavy atom. The number of amides is 2. The standard InChI is InChI=1S/C16H21BN2O5/c1-2-15(20)19-9-13(10-19)11-24-16(21)18-14(17(22)23)8-12-6-4-3-5-7-12/h2-7,13-14,22-23H,1,8-11H2,(H,18,21)/t14-/m0/s1. The second kappa shape index (κ2) is 8.51. The molecule has 8 heteroatoms. The second-order valence-electron chi connectivity index (χ2n) is 5.77. The predicted octanol–water partition coefficient (Wildman–Crippen LogP) is -0.0197. The summed E-state index contributed by atoms with van der Waals surface area (Å²) >= 11 is 0. The Morgan fingerprint density at radius 2 is 2.04 bits per heavy atom. The maximum Gasteiger partial charge on any atom is 0.475 e. The van der Waals surface area contributed by atoms with Crippen LogP contribution in [0, 0.1) is 5.92 Å². The van der Waals surface area contributed by atoms with Crippen LogP contribution in [0.1, 0.15) is 5.56 Å². The summed E-state index contributed by atoms with van der Waals surface area (Å²) in [6.07, 6.45) is 0.816. The summed E-state index contributed by atoms with van der Waals surface area (Å²) in [7, 11) is -1.69. The molecule has 1 aromatic rings. The largest absolute Gasteiger partial charge is 0.475 e. The monoisotopic (exact) mass is 332 g/mol. The normalized spacial score (nSPS) is 15.2. The summed E-state index contributed by atoms with van der Waals surface area (Å²) < 4.78 is 5.09. The molecule has 0 aliphatic carbocycles. The van der Waals surface area contributed by atoms with E-state index in [4.69, 9.17) is 4.74 Å². The van der Waals surface area contributed by atoms with Crippen LogP contribution in [0.15, 0.2) is 43.0 Å². The van der Waals surface area contributed by atoms with E-state index in [0.717, 1.165) is 5.56 Å². The van der Waals surface area contributed by atoms with Crippen LogP contribution >= 0.6 is 0 Å². The van der Waals surface area contributed by atoms with Crippen LogP contribution in [0.3, 0.4) is 0 Å². The van der Waals surface area contributed by atoms with Crippen LogP contribution in [-0.2, 0) is 16.0 Å². The number of hydrogen-bond donors (Lipinski definition) is 3. The average Bonchev–Trinajstić information content (AvgIpc) is 2.53. The molecular formula is C16H21BN2O5. The minimum Gasteiger partial charge on any atom is -0.449 e. The van der Waals surface area contributed by atoms with Crippen LogP contribution in [-0.4, -0.2) is 59.7 Å². The summed E-state index contributed by atoms with van der Waals surface area (Å²) in [5.41, 5.74) is 0.869. The predicted molar refractivity (Wildman–Crippen MR) is 88.9 cm³/mol. The average molecular weight is 332 g/mol. The second-order valence-corrected chi connectivity index (χ2v) is 5.77. The Kier molecular flexibility index (Phi) is 6.40. The van der Waals surface area contributed by atoms with Gasteiger partial charge in [-0.15, -0.1) is 0 Å². The van der Waals surface area contributed by atoms with Crippen molar-refractivity contribution in [2.24, 2.45) is 5.92 Å². The molecule has 128 valence electrons. The molecule has 0 aromatic heterocycles. The fraction of sp³-hybridized carbons (Fsp3) is 0.375. The lowest BCUT2D eigenvalue weighted by Crippen LogP contribution is -2.52. The Bertz CT molecular complexity index is 575. The molecule has 1 atom stereocenters. The summed E-state index contributed by atoms with van der Waals surface area (Å²) in [5, 5.41) is 21.3. The van der Waals surface area contributed by atoms with Crippen molar-refractivity contribution < 1.29 is 24.4 Å². The third-order valence-electron chi connectivity index (χ3n) is 3.86. The van der Waals surface area contributed by atoms with Crippen LogP contribution in [0.2, 0.25) is 0 Å². The first-order valence-electron chi connectivity index (χ1n) is 7.74. The first-order chi connectivity index (χ1) is 11.5. The number of hydrogen-bond acceptors (Lipinski definition) is 5. The molecule has 1 fully saturated rings. The van der Waals surface area contributed by atoms with Crippen molar-refractivity contribution in [1.29, 1.82) is 0 Å². The number of benzene rings is 1. The lowest BCUT2D eigenvalue weighted by Gasteiger charge is -2.38. The number of alkyl carbamates (subject to hydrolysis) is 1. The summed E-state index contributed by atoms with van der Waals surface area (Å²) in [4.78, 5) is 24.7. The lowest BCUT2D eigenvalue weighted by molar-refractivity contribution is -0.132. The summed E-state index contributed by atoms with van der Waals surface area (Å²) in [6, 6.07) is 9.20. The van der Waals surface area contributed by atoms with Gasteiger partial charge in [-0.25, -0.2) is 4.79 Å². The van der Waals surface area contributed by atoms with E-state index in [0.29, 0.717) is 13.1 Å². The highest BCUT2D eigenvalue weighted by Crippen LogP contribution is 2.16. The van der Waals surface area contributed by atoms with Gasteiger partial charge in [-0.1, -0.05) is 36.9 Å². The Balaban J connectivity index is 1.73. The zero-order valence-corrected chi connectivity index (χ0v) is 13.3. The quantitative estimate of drug-likeness (QED) is 0.481. The van der Waals surface area contributed by atoms with Gasteiger partial charge >= 0.3 is 13.2 Å². The number of nitrogens with one attached hydrogen (secondary N) is 1. The number of rotatable bonds is 7. The minimum atomic E-state index is -1.69. The molecule has 1 saturated heterocycles. The molecule has 3 N–H and O–H groups in total. The molecule has 2 rings (SSSR count). The zero-order valence-electron chi connectivity index (χ0n) is 13.3. The number of carbonyl (C=O) groups is 2. The van der Waals surface area contributed by atoms with Gasteiger partial charge in [-0.2, -0.15) is 0 Å². The fourth-order valence-electron chi connectivity index (χ4n) is 2.47. The van der Waals surface area contributed by atoms with Gasteiger partial charge in [0.25, 0.3) is 0 Å². The van der Waals surface area contributed by atoms with Gasteiger partial charge in [0.05, 0.1) is 12.5 Å². The van der Waals surface area contributed by atoms with Crippen molar-refractivity contribution in [3.8, 4) is 0 Å². The highest BCUT2D eigenvalue weighted by atomic mass is 16.5. The first kappa shape index (κ1) is 18.0. The van der Waals surface area contributed by atoms with E-state index in [9.17, 15) is 19.6 Å². The number of ether oxygens (including phenoxy) is 1. The molecule has 2 amide bonds. The van der Waals surface area contributed by atoms with Crippen molar-refractivity contribution in [3.63, 3.8) is 0 Å². The number of carbonyl (C=O) groups excluding carboxylic acids is 2. The van der Waals surface area contributed by atoms with Gasteiger partial charge in [0, 0.05) is 19.0 Å². The molecule has 0 radical (unpaired) electrons. The van der Waals surface area contributed by atoms with E-state index in [2.05, 4.69) is 11.9 Å². The van der Waals surface area contributed by atoms with Crippen molar-refractivity contribution in [2.45, 2.75) is 12.4 Å². The maximum absolute atomic E-state index is 11.8. The fourth-order valence-corrected chi connectivity index (χ4v) is 2.47. The van der Waals surface area contributed by atoms with Crippen LogP contribution < -0.4 is 5.32 Å². The molecule has 0 unspecified atom stereocenters. The third kappa shape index (κ3) is 5.11. The van der Waals surface area contributed by atoms with Crippen LogP contribution in [0.25, 0.3) is 0 Å². The van der Waals surface area contributed by atoms with E-state index in [1.54, 1.807) is 4.90 Å². The van der Waals surface area contributed by atoms with Gasteiger partial charge < -0.3 is 25.0 Å². The number of nitrogens with zero attached hydrogens (tertiary/aromatic N) is 1. The molecule has 7 nitrogen and oxygen atoms in total. The molecule has 1 heterocycles. The van der Waals surface area contributed by atoms with Crippen molar-refractivity contribution >= 4 is 19.1 Å². The van der Waals surface area contributed by atoms with E-state index < -0.39 is 19.2 Å². The van der Waals surface area contributed by atoms with Crippen LogP contribution in [0.4, 0.5) is 4.79 Å². The van der Waals surface area contributed by atoms with Gasteiger partial charge in [0.2, 0.25) is 5.91 Å². The third-order valence-corrected chi connectivity index (χ3v) is 3.86. The van der Waals surface area contributed by atoms with E-state index in [-0.39, 0.29) is 24.9 Å². The maximum atomic E-state index is 11.8. The first-order valence-corrected chi connectivity index (χ1v) is 7.74. The van der Waals surface area contributed by atoms with Crippen molar-refractivity contribution in [1.82, 2.24) is 10.2 Å². The Morgan fingerprint density at radius 3 is 2.62 bits per heavy atom. The summed E-state index contributed by atoms with van der Waals surface area (Å²) in [6.45, 7) is 4.63.